The second-order valence-electron chi connectivity index (χ2n) is 3.35. The zero-order valence-electron chi connectivity index (χ0n) is 8.49. The first kappa shape index (κ1) is 16.0. The molecule has 2 nitrogen and oxygen atoms in total. The molecule has 1 N–H and O–H groups in total. The summed E-state index contributed by atoms with van der Waals surface area (Å²) in [5.41, 5.74) is 0. The van der Waals surface area contributed by atoms with Gasteiger partial charge in [0.15, 0.2) is 6.17 Å². The van der Waals surface area contributed by atoms with Gasteiger partial charge in [0.05, 0.1) is 0 Å². The van der Waals surface area contributed by atoms with Crippen molar-refractivity contribution in [3.63, 3.8) is 0 Å². The molecule has 0 bridgehead atoms. The lowest BCUT2D eigenvalue weighted by Gasteiger charge is -2.33. The summed E-state index contributed by atoms with van der Waals surface area (Å²) in [5.74, 6) is -19.6. The third kappa shape index (κ3) is 2.81. The summed E-state index contributed by atoms with van der Waals surface area (Å²) < 4.78 is 88.9. The highest BCUT2D eigenvalue weighted by Gasteiger charge is 2.74. The number of carboxylic acid groups (broad SMARTS) is 1. The Hall–Kier alpha value is -1.02. The predicted molar refractivity (Wildman–Crippen MR) is 42.3 cm³/mol. The maximum absolute atomic E-state index is 12.8. The zero-order chi connectivity index (χ0) is 14.1. The van der Waals surface area contributed by atoms with Crippen molar-refractivity contribution < 1.29 is 40.6 Å². The first-order valence-electron chi connectivity index (χ1n) is 4.39. The van der Waals surface area contributed by atoms with E-state index in [0.717, 1.165) is 6.92 Å². The van der Waals surface area contributed by atoms with E-state index in [1.807, 2.05) is 0 Å². The van der Waals surface area contributed by atoms with Gasteiger partial charge < -0.3 is 5.11 Å². The molecule has 17 heavy (non-hydrogen) atoms. The van der Waals surface area contributed by atoms with Gasteiger partial charge in [0, 0.05) is 0 Å². The third-order valence-electron chi connectivity index (χ3n) is 2.00. The second-order valence-corrected chi connectivity index (χ2v) is 3.35. The molecule has 1 unspecified atom stereocenters. The van der Waals surface area contributed by atoms with E-state index >= 15 is 0 Å². The number of alkyl halides is 7. The van der Waals surface area contributed by atoms with Crippen molar-refractivity contribution in [3.05, 3.63) is 0 Å². The molecule has 102 valence electrons. The quantitative estimate of drug-likeness (QED) is 0.753. The maximum atomic E-state index is 12.8. The first-order valence-corrected chi connectivity index (χ1v) is 4.39. The summed E-state index contributed by atoms with van der Waals surface area (Å²) in [7, 11) is 0. The molecule has 0 aliphatic heterocycles. The maximum Gasteiger partial charge on any atom is 0.375 e. The van der Waals surface area contributed by atoms with Gasteiger partial charge in [-0.25, -0.2) is 4.39 Å². The lowest BCUT2D eigenvalue weighted by atomic mass is 9.97. The van der Waals surface area contributed by atoms with Gasteiger partial charge >= 0.3 is 23.7 Å². The Bertz CT molecular complexity index is 290. The summed E-state index contributed by atoms with van der Waals surface area (Å²) in [6.45, 7) is 0.768. The molecule has 0 aromatic rings. The van der Waals surface area contributed by atoms with E-state index < -0.39 is 42.8 Å². The highest BCUT2D eigenvalue weighted by atomic mass is 19.3. The second kappa shape index (κ2) is 4.69. The molecule has 0 aliphatic rings. The van der Waals surface area contributed by atoms with E-state index in [0.29, 0.717) is 0 Å². The van der Waals surface area contributed by atoms with Crippen molar-refractivity contribution in [2.75, 3.05) is 0 Å². The average molecular weight is 270 g/mol. The number of rotatable bonds is 6. The summed E-state index contributed by atoms with van der Waals surface area (Å²) in [6, 6.07) is 0. The Balaban J connectivity index is 5.30. The number of carboxylic acids is 1. The monoisotopic (exact) mass is 270 g/mol. The van der Waals surface area contributed by atoms with E-state index in [4.69, 9.17) is 5.11 Å². The van der Waals surface area contributed by atoms with Gasteiger partial charge in [0.25, 0.3) is 0 Å². The van der Waals surface area contributed by atoms with Crippen LogP contribution in [0, 0.1) is 0 Å². The van der Waals surface area contributed by atoms with Crippen molar-refractivity contribution in [2.45, 2.75) is 43.7 Å². The molecular weight excluding hydrogens is 261 g/mol. The van der Waals surface area contributed by atoms with Crippen molar-refractivity contribution in [1.82, 2.24) is 0 Å². The van der Waals surface area contributed by atoms with Crippen LogP contribution < -0.4 is 0 Å². The molecule has 0 fully saturated rings. The highest BCUT2D eigenvalue weighted by Crippen LogP contribution is 2.49. The molecule has 0 aromatic carbocycles. The van der Waals surface area contributed by atoms with E-state index in [9.17, 15) is 35.5 Å². The molecule has 0 radical (unpaired) electrons. The lowest BCUT2D eigenvalue weighted by molar-refractivity contribution is -0.325. The minimum absolute atomic E-state index is 0.768. The first-order chi connectivity index (χ1) is 7.40. The summed E-state index contributed by atoms with van der Waals surface area (Å²) in [6.07, 6.45) is -7.10. The minimum Gasteiger partial charge on any atom is -0.481 e. The van der Waals surface area contributed by atoms with Crippen LogP contribution in [-0.2, 0) is 4.79 Å². The molecule has 0 saturated heterocycles. The van der Waals surface area contributed by atoms with Crippen LogP contribution in [0.4, 0.5) is 30.7 Å². The van der Waals surface area contributed by atoms with Gasteiger partial charge in [-0.15, -0.1) is 0 Å². The molecule has 1 atom stereocenters. The number of aliphatic carboxylic acids is 1. The average Bonchev–Trinajstić information content (AvgIpc) is 2.13. The third-order valence-corrected chi connectivity index (χ3v) is 2.00. The molecule has 0 rings (SSSR count). The summed E-state index contributed by atoms with van der Waals surface area (Å²) in [5, 5.41) is 7.92. The smallest absolute Gasteiger partial charge is 0.375 e. The Morgan fingerprint density at radius 1 is 1.18 bits per heavy atom. The fourth-order valence-electron chi connectivity index (χ4n) is 0.998. The van der Waals surface area contributed by atoms with Crippen LogP contribution in [-0.4, -0.2) is 35.0 Å². The molecule has 0 spiro atoms. The van der Waals surface area contributed by atoms with Crippen molar-refractivity contribution in [2.24, 2.45) is 0 Å². The Kier molecular flexibility index (Phi) is 4.41. The molecule has 0 heterocycles. The fraction of sp³-hybridized carbons (Fsp3) is 0.875. The van der Waals surface area contributed by atoms with E-state index in [1.165, 1.54) is 0 Å². The van der Waals surface area contributed by atoms with Gasteiger partial charge in [0.1, 0.15) is 6.42 Å². The van der Waals surface area contributed by atoms with Gasteiger partial charge in [-0.05, 0) is 6.42 Å². The topological polar surface area (TPSA) is 37.3 Å². The van der Waals surface area contributed by atoms with E-state index in [1.54, 1.807) is 0 Å². The van der Waals surface area contributed by atoms with Crippen LogP contribution in [0.2, 0.25) is 0 Å². The molecule has 0 aliphatic carbocycles. The van der Waals surface area contributed by atoms with Gasteiger partial charge in [-0.3, -0.25) is 4.79 Å². The Morgan fingerprint density at radius 3 is 1.88 bits per heavy atom. The van der Waals surface area contributed by atoms with Gasteiger partial charge in [-0.1, -0.05) is 6.92 Å². The molecule has 9 heteroatoms. The Morgan fingerprint density at radius 2 is 1.59 bits per heavy atom. The molecular formula is C8H9F7O2. The van der Waals surface area contributed by atoms with Crippen LogP contribution in [0.3, 0.4) is 0 Å². The van der Waals surface area contributed by atoms with E-state index in [2.05, 4.69) is 0 Å². The minimum atomic E-state index is -6.08. The lowest BCUT2D eigenvalue weighted by Crippen LogP contribution is -2.58. The number of hydrogen-bond acceptors (Lipinski definition) is 1. The van der Waals surface area contributed by atoms with Gasteiger partial charge in [-0.2, -0.15) is 26.3 Å². The molecule has 0 saturated carbocycles. The Labute approximate surface area is 91.4 Å². The standard InChI is InChI=1S/C8H9F7O2/c1-2-4(9)7(12,13)8(14,15)6(10,11)3-5(16)17/h4H,2-3H2,1H3,(H,16,17). The molecule has 0 amide bonds. The summed E-state index contributed by atoms with van der Waals surface area (Å²) >= 11 is 0. The fourth-order valence-corrected chi connectivity index (χ4v) is 0.998. The van der Waals surface area contributed by atoms with Crippen molar-refractivity contribution >= 4 is 5.97 Å². The highest BCUT2D eigenvalue weighted by molar-refractivity contribution is 5.68. The van der Waals surface area contributed by atoms with Crippen LogP contribution in [0.25, 0.3) is 0 Å². The van der Waals surface area contributed by atoms with E-state index in [-0.39, 0.29) is 0 Å². The normalized spacial score (nSPS) is 15.8. The zero-order valence-corrected chi connectivity index (χ0v) is 8.49. The largest absolute Gasteiger partial charge is 0.481 e. The number of halogens is 7. The molecule has 0 aromatic heterocycles. The summed E-state index contributed by atoms with van der Waals surface area (Å²) in [4.78, 5) is 9.88. The number of hydrogen-bond donors (Lipinski definition) is 1. The van der Waals surface area contributed by atoms with Gasteiger partial charge in [0.2, 0.25) is 0 Å². The van der Waals surface area contributed by atoms with Crippen LogP contribution in [0.1, 0.15) is 19.8 Å². The van der Waals surface area contributed by atoms with Crippen molar-refractivity contribution in [1.29, 1.82) is 0 Å². The van der Waals surface area contributed by atoms with Crippen LogP contribution >= 0.6 is 0 Å². The number of carbonyl (C=O) groups is 1. The van der Waals surface area contributed by atoms with Crippen LogP contribution in [0.15, 0.2) is 0 Å². The predicted octanol–water partition coefficient (Wildman–Crippen LogP) is 3.12. The van der Waals surface area contributed by atoms with Crippen molar-refractivity contribution in [3.8, 4) is 0 Å². The van der Waals surface area contributed by atoms with Crippen LogP contribution in [0.5, 0.6) is 0 Å². The SMILES string of the molecule is CCC(F)C(F)(F)C(F)(F)C(F)(F)CC(=O)O.